The average Bonchev–Trinajstić information content (AvgIpc) is 2.28. The molecule has 15 heavy (non-hydrogen) atoms. The van der Waals surface area contributed by atoms with Crippen LogP contribution < -0.4 is 4.74 Å². The lowest BCUT2D eigenvalue weighted by atomic mass is 10.2. The molecular formula is C12H16O3. The average molecular weight is 208 g/mol. The molecule has 0 saturated heterocycles. The molecule has 1 aromatic rings. The largest absolute Gasteiger partial charge is 0.494 e. The quantitative estimate of drug-likeness (QED) is 0.596. The number of aliphatic hydroxyl groups is 1. The van der Waals surface area contributed by atoms with Crippen molar-refractivity contribution in [3.8, 4) is 5.75 Å². The first-order valence-electron chi connectivity index (χ1n) is 4.95. The molecule has 0 spiro atoms. The fourth-order valence-electron chi connectivity index (χ4n) is 1.28. The molecule has 0 atom stereocenters. The molecule has 0 aliphatic heterocycles. The van der Waals surface area contributed by atoms with Gasteiger partial charge < -0.3 is 14.6 Å². The van der Waals surface area contributed by atoms with E-state index in [1.807, 2.05) is 32.1 Å². The van der Waals surface area contributed by atoms with E-state index in [0.29, 0.717) is 12.4 Å². The van der Waals surface area contributed by atoms with Crippen LogP contribution in [0.1, 0.15) is 19.4 Å². The van der Waals surface area contributed by atoms with E-state index >= 15 is 0 Å². The topological polar surface area (TPSA) is 38.7 Å². The van der Waals surface area contributed by atoms with Crippen LogP contribution in [0, 0.1) is 0 Å². The van der Waals surface area contributed by atoms with Crippen molar-refractivity contribution in [3.63, 3.8) is 0 Å². The van der Waals surface area contributed by atoms with E-state index in [1.165, 1.54) is 0 Å². The highest BCUT2D eigenvalue weighted by atomic mass is 16.6. The van der Waals surface area contributed by atoms with Crippen LogP contribution in [0.25, 0.3) is 5.76 Å². The van der Waals surface area contributed by atoms with Crippen LogP contribution in [0.4, 0.5) is 0 Å². The Balaban J connectivity index is 2.78. The lowest BCUT2D eigenvalue weighted by Crippen LogP contribution is -1.95. The molecular weight excluding hydrogens is 192 g/mol. The van der Waals surface area contributed by atoms with Crippen molar-refractivity contribution in [2.24, 2.45) is 0 Å². The first-order chi connectivity index (χ1) is 7.31. The monoisotopic (exact) mass is 208 g/mol. The van der Waals surface area contributed by atoms with Gasteiger partial charge in [-0.15, -0.1) is 0 Å². The Labute approximate surface area is 90.0 Å². The maximum atomic E-state index is 8.57. The molecule has 82 valence electrons. The molecule has 0 heterocycles. The second-order valence-corrected chi connectivity index (χ2v) is 2.88. The van der Waals surface area contributed by atoms with Crippen LogP contribution >= 0.6 is 0 Å². The van der Waals surface area contributed by atoms with Crippen LogP contribution in [-0.2, 0) is 4.74 Å². The summed E-state index contributed by atoms with van der Waals surface area (Å²) in [6.45, 7) is 4.23. The first kappa shape index (κ1) is 11.6. The number of hydrogen-bond acceptors (Lipinski definition) is 3. The summed E-state index contributed by atoms with van der Waals surface area (Å²) < 4.78 is 10.4. The fourth-order valence-corrected chi connectivity index (χ4v) is 1.28. The van der Waals surface area contributed by atoms with Crippen molar-refractivity contribution in [2.75, 3.05) is 13.4 Å². The van der Waals surface area contributed by atoms with Gasteiger partial charge in [0.1, 0.15) is 11.5 Å². The Hall–Kier alpha value is -1.48. The minimum absolute atomic E-state index is 0.304. The van der Waals surface area contributed by atoms with Crippen molar-refractivity contribution < 1.29 is 14.6 Å². The molecule has 3 heteroatoms. The number of rotatable bonds is 5. The van der Waals surface area contributed by atoms with Crippen molar-refractivity contribution in [1.82, 2.24) is 0 Å². The molecule has 0 saturated carbocycles. The summed E-state index contributed by atoms with van der Waals surface area (Å²) >= 11 is 0. The van der Waals surface area contributed by atoms with E-state index < -0.39 is 0 Å². The Bertz CT molecular complexity index is 314. The summed E-state index contributed by atoms with van der Waals surface area (Å²) in [7, 11) is 0. The van der Waals surface area contributed by atoms with Gasteiger partial charge in [-0.1, -0.05) is 0 Å². The first-order valence-corrected chi connectivity index (χ1v) is 4.95. The van der Waals surface area contributed by atoms with Gasteiger partial charge in [-0.05, 0) is 44.2 Å². The molecule has 1 rings (SSSR count). The van der Waals surface area contributed by atoms with E-state index in [2.05, 4.69) is 0 Å². The third-order valence-electron chi connectivity index (χ3n) is 1.93. The van der Waals surface area contributed by atoms with Gasteiger partial charge in [0.25, 0.3) is 0 Å². The van der Waals surface area contributed by atoms with Crippen LogP contribution in [0.3, 0.4) is 0 Å². The van der Waals surface area contributed by atoms with Crippen LogP contribution in [-0.4, -0.2) is 18.5 Å². The normalized spacial score (nSPS) is 11.3. The van der Waals surface area contributed by atoms with E-state index in [0.717, 1.165) is 11.3 Å². The zero-order chi connectivity index (χ0) is 11.1. The number of hydrogen-bond donors (Lipinski definition) is 1. The van der Waals surface area contributed by atoms with Gasteiger partial charge in [0, 0.05) is 5.56 Å². The molecule has 1 aromatic carbocycles. The van der Waals surface area contributed by atoms with Gasteiger partial charge in [0.05, 0.1) is 6.61 Å². The molecule has 0 aliphatic carbocycles. The Morgan fingerprint density at radius 1 is 1.33 bits per heavy atom. The summed E-state index contributed by atoms with van der Waals surface area (Å²) in [6, 6.07) is 7.40. The van der Waals surface area contributed by atoms with Crippen molar-refractivity contribution in [2.45, 2.75) is 13.8 Å². The van der Waals surface area contributed by atoms with Crippen LogP contribution in [0.15, 0.2) is 30.3 Å². The molecule has 0 bridgehead atoms. The van der Waals surface area contributed by atoms with E-state index in [1.54, 1.807) is 12.1 Å². The number of allylic oxidation sites excluding steroid dienone is 1. The molecule has 1 N–H and O–H groups in total. The molecule has 0 unspecified atom stereocenters. The van der Waals surface area contributed by atoms with Gasteiger partial charge in [0.2, 0.25) is 0 Å². The molecule has 0 aliphatic rings. The number of aliphatic hydroxyl groups excluding tert-OH is 1. The Morgan fingerprint density at radius 3 is 2.47 bits per heavy atom. The van der Waals surface area contributed by atoms with Crippen LogP contribution in [0.2, 0.25) is 0 Å². The standard InChI is InChI=1S/C12H16O3/c1-3-12(14-4-2)10-5-7-11(8-6-10)15-9-13/h3,5-8,13H,4,9H2,1-2H3/b12-3-. The van der Waals surface area contributed by atoms with E-state index in [-0.39, 0.29) is 6.79 Å². The Morgan fingerprint density at radius 2 is 2.00 bits per heavy atom. The maximum absolute atomic E-state index is 8.57. The highest BCUT2D eigenvalue weighted by Gasteiger charge is 2.01. The Kier molecular flexibility index (Phi) is 4.71. The van der Waals surface area contributed by atoms with Crippen LogP contribution in [0.5, 0.6) is 5.75 Å². The van der Waals surface area contributed by atoms with Crippen molar-refractivity contribution in [1.29, 1.82) is 0 Å². The summed E-state index contributed by atoms with van der Waals surface area (Å²) in [5.41, 5.74) is 1.00. The summed E-state index contributed by atoms with van der Waals surface area (Å²) in [5.74, 6) is 1.50. The lowest BCUT2D eigenvalue weighted by molar-refractivity contribution is 0.0985. The van der Waals surface area contributed by atoms with E-state index in [9.17, 15) is 0 Å². The lowest BCUT2D eigenvalue weighted by Gasteiger charge is -2.09. The van der Waals surface area contributed by atoms with Crippen molar-refractivity contribution >= 4 is 5.76 Å². The SMILES string of the molecule is C/C=C(\OCC)c1ccc(OCO)cc1. The summed E-state index contributed by atoms with van der Waals surface area (Å²) in [5, 5.41) is 8.57. The van der Waals surface area contributed by atoms with Gasteiger partial charge in [-0.2, -0.15) is 0 Å². The van der Waals surface area contributed by atoms with Gasteiger partial charge in [0.15, 0.2) is 6.79 Å². The number of benzene rings is 1. The van der Waals surface area contributed by atoms with Gasteiger partial charge >= 0.3 is 0 Å². The molecule has 0 amide bonds. The summed E-state index contributed by atoms with van der Waals surface area (Å²) in [6.07, 6.45) is 1.92. The molecule has 3 nitrogen and oxygen atoms in total. The second-order valence-electron chi connectivity index (χ2n) is 2.88. The predicted octanol–water partition coefficient (Wildman–Crippen LogP) is 2.41. The minimum Gasteiger partial charge on any atom is -0.494 e. The minimum atomic E-state index is -0.304. The zero-order valence-corrected chi connectivity index (χ0v) is 9.06. The molecule has 0 fully saturated rings. The van der Waals surface area contributed by atoms with Crippen molar-refractivity contribution in [3.05, 3.63) is 35.9 Å². The molecule has 0 aromatic heterocycles. The smallest absolute Gasteiger partial charge is 0.186 e. The van der Waals surface area contributed by atoms with E-state index in [4.69, 9.17) is 14.6 Å². The third kappa shape index (κ3) is 3.29. The maximum Gasteiger partial charge on any atom is 0.186 e. The highest BCUT2D eigenvalue weighted by Crippen LogP contribution is 2.19. The molecule has 0 radical (unpaired) electrons. The second kappa shape index (κ2) is 6.09. The predicted molar refractivity (Wildman–Crippen MR) is 59.4 cm³/mol. The zero-order valence-electron chi connectivity index (χ0n) is 9.06. The third-order valence-corrected chi connectivity index (χ3v) is 1.93. The van der Waals surface area contributed by atoms with Gasteiger partial charge in [-0.25, -0.2) is 0 Å². The fraction of sp³-hybridized carbons (Fsp3) is 0.333. The highest BCUT2D eigenvalue weighted by molar-refractivity contribution is 5.60. The van der Waals surface area contributed by atoms with Gasteiger partial charge in [-0.3, -0.25) is 0 Å². The number of ether oxygens (including phenoxy) is 2. The summed E-state index contributed by atoms with van der Waals surface area (Å²) in [4.78, 5) is 0.